The van der Waals surface area contributed by atoms with Crippen molar-refractivity contribution in [3.8, 4) is 17.2 Å². The van der Waals surface area contributed by atoms with Crippen LogP contribution in [0.4, 0.5) is 21.5 Å². The van der Waals surface area contributed by atoms with E-state index in [1.807, 2.05) is 23.8 Å². The molecule has 4 aliphatic rings. The highest BCUT2D eigenvalue weighted by atomic mass is 19.1. The second-order valence-electron chi connectivity index (χ2n) is 17.0. The molecule has 0 spiro atoms. The molecule has 4 heterocycles. The molecule has 0 aromatic heterocycles. The van der Waals surface area contributed by atoms with Gasteiger partial charge in [0.05, 0.1) is 23.3 Å². The summed E-state index contributed by atoms with van der Waals surface area (Å²) in [7, 11) is 2.02. The zero-order valence-electron chi connectivity index (χ0n) is 36.8. The summed E-state index contributed by atoms with van der Waals surface area (Å²) in [6.07, 6.45) is 1.31. The molecule has 1 fully saturated rings. The van der Waals surface area contributed by atoms with Crippen LogP contribution < -0.4 is 51.6 Å². The van der Waals surface area contributed by atoms with Gasteiger partial charge in [0.2, 0.25) is 23.6 Å². The fourth-order valence-corrected chi connectivity index (χ4v) is 8.52. The van der Waals surface area contributed by atoms with Crippen LogP contribution in [-0.4, -0.2) is 136 Å². The first-order chi connectivity index (χ1) is 31.3. The van der Waals surface area contributed by atoms with Gasteiger partial charge in [0.25, 0.3) is 5.91 Å². The molecule has 0 aliphatic carbocycles. The first-order valence-corrected chi connectivity index (χ1v) is 22.2. The number of hydrogen-bond acceptors (Lipinski definition) is 13. The third-order valence-corrected chi connectivity index (χ3v) is 12.2. The van der Waals surface area contributed by atoms with Crippen LogP contribution in [0, 0.1) is 11.7 Å². The van der Waals surface area contributed by atoms with Crippen LogP contribution in [0.1, 0.15) is 65.3 Å². The molecule has 19 heteroatoms. The van der Waals surface area contributed by atoms with E-state index >= 15 is 4.39 Å². The van der Waals surface area contributed by atoms with Crippen LogP contribution in [0.3, 0.4) is 0 Å². The van der Waals surface area contributed by atoms with Crippen molar-refractivity contribution in [1.82, 2.24) is 26.2 Å². The Morgan fingerprint density at radius 2 is 1.71 bits per heavy atom. The number of phenols is 1. The van der Waals surface area contributed by atoms with E-state index in [4.69, 9.17) is 15.2 Å². The van der Waals surface area contributed by atoms with Crippen LogP contribution in [-0.2, 0) is 25.6 Å². The summed E-state index contributed by atoms with van der Waals surface area (Å²) in [5, 5.41) is 23.8. The number of aromatic hydroxyl groups is 1. The Kier molecular flexibility index (Phi) is 15.0. The minimum atomic E-state index is -1.04. The molecule has 348 valence electrons. The molecule has 65 heavy (non-hydrogen) atoms. The van der Waals surface area contributed by atoms with E-state index < -0.39 is 53.2 Å². The zero-order chi connectivity index (χ0) is 46.2. The van der Waals surface area contributed by atoms with E-state index in [-0.39, 0.29) is 93.2 Å². The van der Waals surface area contributed by atoms with Gasteiger partial charge in [-0.25, -0.2) is 4.39 Å². The van der Waals surface area contributed by atoms with Gasteiger partial charge in [-0.05, 0) is 88.2 Å². The predicted molar refractivity (Wildman–Crippen MR) is 240 cm³/mol. The number of hydrogen-bond donors (Lipinski definition) is 7. The topological polar surface area (TPSA) is 237 Å². The molecule has 5 amide bonds. The van der Waals surface area contributed by atoms with Crippen molar-refractivity contribution in [2.75, 3.05) is 87.7 Å². The lowest BCUT2D eigenvalue weighted by molar-refractivity contribution is -0.129. The van der Waals surface area contributed by atoms with Gasteiger partial charge in [0.15, 0.2) is 17.3 Å². The van der Waals surface area contributed by atoms with E-state index in [0.717, 1.165) is 18.7 Å². The first kappa shape index (κ1) is 46.5. The van der Waals surface area contributed by atoms with Crippen LogP contribution >= 0.6 is 0 Å². The standard InChI is InChI=1S/C46H58FN9O9/c1-27-25-65-43-40-33(23-35(47)41(43)55-19-17-54(2)18-20-55)42(60)34(24-56(27)40)45(62)49-15-4-3-5-38(58)51-29-8-11-37-32(22-29)44(61)50-16-13-39(59)53-36(12-14-48)46(63)52-30(26-64-37)21-28-6-9-31(57)10-7-28/h6-11,22-23,27,30,34,36,57H,3-5,12-21,24-26,48H2,1-2H3,(H,49,62)(H,50,61)(H,51,58)(H,52,63)(H,53,59)/t27?,30-,34?,36+/m1/s1. The number of fused-ring (bicyclic) bond motifs is 1. The Morgan fingerprint density at radius 1 is 0.938 bits per heavy atom. The van der Waals surface area contributed by atoms with E-state index in [9.17, 15) is 33.9 Å². The minimum Gasteiger partial charge on any atom is -0.508 e. The number of carbonyl (C=O) groups excluding carboxylic acids is 6. The number of ether oxygens (including phenoxy) is 2. The summed E-state index contributed by atoms with van der Waals surface area (Å²) in [6, 6.07) is 10.7. The minimum absolute atomic E-state index is 0.0380. The van der Waals surface area contributed by atoms with Crippen LogP contribution in [0.5, 0.6) is 17.2 Å². The SMILES string of the molecule is CC1COc2c(N3CCN(C)CC3)c(F)cc3c2N1CC(C(=O)NCCCCC(=O)Nc1ccc2c(c1)C(=O)NCCC(=O)N[C@@H](CCN)C(=O)N[C@H](Cc1ccc(O)cc1)CO2)C3=O. The number of likely N-dealkylation sites (N-methyl/N-ethyl adjacent to an activating group) is 1. The molecule has 0 saturated carbocycles. The number of amides is 5. The zero-order valence-corrected chi connectivity index (χ0v) is 36.8. The van der Waals surface area contributed by atoms with Gasteiger partial charge in [0, 0.05) is 69.9 Å². The average molecular weight is 900 g/mol. The van der Waals surface area contributed by atoms with Gasteiger partial charge in [-0.1, -0.05) is 12.1 Å². The summed E-state index contributed by atoms with van der Waals surface area (Å²) in [4.78, 5) is 86.0. The number of benzene rings is 3. The van der Waals surface area contributed by atoms with Crippen LogP contribution in [0.15, 0.2) is 48.5 Å². The van der Waals surface area contributed by atoms with Gasteiger partial charge in [-0.15, -0.1) is 0 Å². The fourth-order valence-electron chi connectivity index (χ4n) is 8.52. The quantitative estimate of drug-likeness (QED) is 0.101. The molecule has 8 N–H and O–H groups in total. The lowest BCUT2D eigenvalue weighted by Crippen LogP contribution is -2.53. The van der Waals surface area contributed by atoms with Crippen molar-refractivity contribution >= 4 is 52.4 Å². The molecule has 0 bridgehead atoms. The van der Waals surface area contributed by atoms with Crippen molar-refractivity contribution < 1.29 is 47.7 Å². The fraction of sp³-hybridized carbons (Fsp3) is 0.478. The highest BCUT2D eigenvalue weighted by molar-refractivity contribution is 6.16. The number of anilines is 3. The van der Waals surface area contributed by atoms with Gasteiger partial charge in [-0.2, -0.15) is 0 Å². The number of halogens is 1. The monoisotopic (exact) mass is 899 g/mol. The van der Waals surface area contributed by atoms with E-state index in [1.165, 1.54) is 24.3 Å². The number of piperazine rings is 1. The van der Waals surface area contributed by atoms with Gasteiger partial charge >= 0.3 is 0 Å². The second-order valence-corrected chi connectivity index (χ2v) is 17.0. The number of unbranched alkanes of at least 4 members (excludes halogenated alkanes) is 1. The second kappa shape index (κ2) is 21.0. The van der Waals surface area contributed by atoms with Gasteiger partial charge in [0.1, 0.15) is 42.4 Å². The number of carbonyl (C=O) groups is 6. The van der Waals surface area contributed by atoms with Crippen molar-refractivity contribution in [3.05, 3.63) is 71.0 Å². The summed E-state index contributed by atoms with van der Waals surface area (Å²) in [5.41, 5.74) is 7.98. The lowest BCUT2D eigenvalue weighted by atomic mass is 9.87. The molecule has 0 radical (unpaired) electrons. The molecule has 4 atom stereocenters. The summed E-state index contributed by atoms with van der Waals surface area (Å²) in [5.74, 6) is -3.67. The number of ketones is 1. The number of phenolic OH excluding ortho intramolecular Hbond substituents is 1. The van der Waals surface area contributed by atoms with Gasteiger partial charge in [-0.3, -0.25) is 28.8 Å². The smallest absolute Gasteiger partial charge is 0.255 e. The Balaban J connectivity index is 0.944. The van der Waals surface area contributed by atoms with Crippen molar-refractivity contribution in [1.29, 1.82) is 0 Å². The Hall–Kier alpha value is -6.47. The third-order valence-electron chi connectivity index (χ3n) is 12.2. The van der Waals surface area contributed by atoms with Crippen molar-refractivity contribution in [2.45, 2.75) is 63.6 Å². The molecular formula is C46H58FN9O9. The Labute approximate surface area is 376 Å². The highest BCUT2D eigenvalue weighted by Crippen LogP contribution is 2.49. The number of nitrogens with one attached hydrogen (secondary N) is 5. The summed E-state index contributed by atoms with van der Waals surface area (Å²) < 4.78 is 28.0. The Morgan fingerprint density at radius 3 is 2.46 bits per heavy atom. The van der Waals surface area contributed by atoms with Crippen LogP contribution in [0.25, 0.3) is 0 Å². The van der Waals surface area contributed by atoms with Crippen molar-refractivity contribution in [3.63, 3.8) is 0 Å². The normalized spacial score (nSPS) is 21.6. The van der Waals surface area contributed by atoms with Crippen molar-refractivity contribution in [2.24, 2.45) is 11.7 Å². The summed E-state index contributed by atoms with van der Waals surface area (Å²) >= 11 is 0. The molecule has 2 unspecified atom stereocenters. The number of rotatable bonds is 12. The molecule has 7 rings (SSSR count). The van der Waals surface area contributed by atoms with E-state index in [2.05, 4.69) is 31.5 Å². The Bertz CT molecular complexity index is 2270. The predicted octanol–water partition coefficient (Wildman–Crippen LogP) is 1.68. The maximum absolute atomic E-state index is 15.8. The summed E-state index contributed by atoms with van der Waals surface area (Å²) in [6.45, 7) is 5.41. The molecule has 18 nitrogen and oxygen atoms in total. The molecule has 3 aromatic rings. The maximum atomic E-state index is 15.8. The molecule has 4 aliphatic heterocycles. The number of nitrogens with two attached hydrogens (primary N) is 1. The van der Waals surface area contributed by atoms with E-state index in [1.54, 1.807) is 24.3 Å². The first-order valence-electron chi connectivity index (χ1n) is 22.2. The number of nitrogens with zero attached hydrogens (tertiary/aromatic N) is 3. The molecule has 3 aromatic carbocycles. The molecular weight excluding hydrogens is 842 g/mol. The average Bonchev–Trinajstić information content (AvgIpc) is 3.28. The van der Waals surface area contributed by atoms with E-state index in [0.29, 0.717) is 55.2 Å². The third kappa shape index (κ3) is 11.3. The van der Waals surface area contributed by atoms with Gasteiger partial charge < -0.3 is 61.6 Å². The molecule has 1 saturated heterocycles. The number of Topliss-reactive ketones (excluding diaryl/α,β-unsaturated/α-hetero) is 1. The highest BCUT2D eigenvalue weighted by Gasteiger charge is 2.44. The largest absolute Gasteiger partial charge is 0.508 e. The maximum Gasteiger partial charge on any atom is 0.255 e. The van der Waals surface area contributed by atoms with Crippen LogP contribution in [0.2, 0.25) is 0 Å². The lowest BCUT2D eigenvalue weighted by Gasteiger charge is -2.44.